The summed E-state index contributed by atoms with van der Waals surface area (Å²) in [4.78, 5) is 16.3. The normalized spacial score (nSPS) is 10.9. The Morgan fingerprint density at radius 1 is 1.24 bits per heavy atom. The third-order valence-corrected chi connectivity index (χ3v) is 4.27. The SMILES string of the molecule is O=C(CCCc1nc2ccccc2s1)NCc1ccco1. The van der Waals surface area contributed by atoms with Gasteiger partial charge in [-0.2, -0.15) is 0 Å². The van der Waals surface area contributed by atoms with E-state index in [9.17, 15) is 4.79 Å². The maximum atomic E-state index is 11.7. The van der Waals surface area contributed by atoms with Crippen LogP contribution in [0, 0.1) is 0 Å². The predicted molar refractivity (Wildman–Crippen MR) is 83.1 cm³/mol. The number of benzene rings is 1. The first-order valence-corrected chi connectivity index (χ1v) is 7.76. The summed E-state index contributed by atoms with van der Waals surface area (Å²) in [5.74, 6) is 0.821. The molecule has 1 amide bonds. The highest BCUT2D eigenvalue weighted by Gasteiger charge is 2.06. The molecule has 0 spiro atoms. The lowest BCUT2D eigenvalue weighted by Crippen LogP contribution is -2.22. The minimum absolute atomic E-state index is 0.0486. The molecule has 1 aromatic carbocycles. The highest BCUT2D eigenvalue weighted by atomic mass is 32.1. The van der Waals surface area contributed by atoms with Crippen molar-refractivity contribution in [3.05, 3.63) is 53.4 Å². The molecule has 21 heavy (non-hydrogen) atoms. The van der Waals surface area contributed by atoms with Crippen LogP contribution in [0.2, 0.25) is 0 Å². The number of nitrogens with zero attached hydrogens (tertiary/aromatic N) is 1. The lowest BCUT2D eigenvalue weighted by molar-refractivity contribution is -0.121. The molecule has 2 aromatic heterocycles. The number of rotatable bonds is 6. The smallest absolute Gasteiger partial charge is 0.220 e. The van der Waals surface area contributed by atoms with Gasteiger partial charge in [-0.15, -0.1) is 11.3 Å². The summed E-state index contributed by atoms with van der Waals surface area (Å²) in [6.07, 6.45) is 3.77. The first-order valence-electron chi connectivity index (χ1n) is 6.95. The zero-order valence-corrected chi connectivity index (χ0v) is 12.4. The Labute approximate surface area is 126 Å². The van der Waals surface area contributed by atoms with Gasteiger partial charge in [0.05, 0.1) is 28.0 Å². The van der Waals surface area contributed by atoms with Gasteiger partial charge in [0, 0.05) is 6.42 Å². The minimum atomic E-state index is 0.0486. The number of aryl methyl sites for hydroxylation is 1. The van der Waals surface area contributed by atoms with Gasteiger partial charge >= 0.3 is 0 Å². The van der Waals surface area contributed by atoms with Crippen LogP contribution in [0.4, 0.5) is 0 Å². The van der Waals surface area contributed by atoms with Gasteiger partial charge in [-0.25, -0.2) is 4.98 Å². The number of carbonyl (C=O) groups excluding carboxylic acids is 1. The fourth-order valence-corrected chi connectivity index (χ4v) is 3.12. The number of aromatic nitrogens is 1. The van der Waals surface area contributed by atoms with Gasteiger partial charge in [-0.1, -0.05) is 12.1 Å². The number of thiazole rings is 1. The lowest BCUT2D eigenvalue weighted by Gasteiger charge is -2.02. The number of carbonyl (C=O) groups is 1. The van der Waals surface area contributed by atoms with E-state index in [1.807, 2.05) is 30.3 Å². The van der Waals surface area contributed by atoms with Gasteiger partial charge in [0.1, 0.15) is 5.76 Å². The van der Waals surface area contributed by atoms with Crippen LogP contribution in [0.3, 0.4) is 0 Å². The third kappa shape index (κ3) is 3.70. The van der Waals surface area contributed by atoms with Crippen molar-refractivity contribution in [2.24, 2.45) is 0 Å². The van der Waals surface area contributed by atoms with E-state index >= 15 is 0 Å². The van der Waals surface area contributed by atoms with Gasteiger partial charge < -0.3 is 9.73 Å². The van der Waals surface area contributed by atoms with Crippen molar-refractivity contribution in [1.29, 1.82) is 0 Å². The Balaban J connectivity index is 1.44. The summed E-state index contributed by atoms with van der Waals surface area (Å²) >= 11 is 1.70. The van der Waals surface area contributed by atoms with Crippen LogP contribution in [-0.4, -0.2) is 10.9 Å². The molecule has 3 rings (SSSR count). The van der Waals surface area contributed by atoms with Crippen molar-refractivity contribution < 1.29 is 9.21 Å². The van der Waals surface area contributed by atoms with Crippen molar-refractivity contribution in [1.82, 2.24) is 10.3 Å². The summed E-state index contributed by atoms with van der Waals surface area (Å²) in [5.41, 5.74) is 1.04. The van der Waals surface area contributed by atoms with Crippen LogP contribution in [0.1, 0.15) is 23.6 Å². The number of hydrogen-bond acceptors (Lipinski definition) is 4. The van der Waals surface area contributed by atoms with Crippen molar-refractivity contribution >= 4 is 27.5 Å². The summed E-state index contributed by atoms with van der Waals surface area (Å²) in [6.45, 7) is 0.451. The Morgan fingerprint density at radius 3 is 2.95 bits per heavy atom. The van der Waals surface area contributed by atoms with Gasteiger partial charge in [-0.05, 0) is 37.1 Å². The molecule has 3 aromatic rings. The van der Waals surface area contributed by atoms with Gasteiger partial charge in [0.15, 0.2) is 0 Å². The summed E-state index contributed by atoms with van der Waals surface area (Å²) in [5, 5.41) is 3.94. The highest BCUT2D eigenvalue weighted by Crippen LogP contribution is 2.22. The summed E-state index contributed by atoms with van der Waals surface area (Å²) in [7, 11) is 0. The molecule has 0 saturated carbocycles. The van der Waals surface area contributed by atoms with Gasteiger partial charge in [-0.3, -0.25) is 4.79 Å². The second kappa shape index (κ2) is 6.54. The van der Waals surface area contributed by atoms with Crippen LogP contribution >= 0.6 is 11.3 Å². The number of para-hydroxylation sites is 1. The topological polar surface area (TPSA) is 55.1 Å². The van der Waals surface area contributed by atoms with E-state index in [1.54, 1.807) is 17.6 Å². The molecule has 0 saturated heterocycles. The first-order chi connectivity index (χ1) is 10.3. The van der Waals surface area contributed by atoms with Crippen molar-refractivity contribution in [2.75, 3.05) is 0 Å². The second-order valence-corrected chi connectivity index (χ2v) is 5.90. The zero-order valence-electron chi connectivity index (χ0n) is 11.5. The largest absolute Gasteiger partial charge is 0.467 e. The molecule has 0 aliphatic carbocycles. The minimum Gasteiger partial charge on any atom is -0.467 e. The fraction of sp³-hybridized carbons (Fsp3) is 0.250. The Hall–Kier alpha value is -2.14. The van der Waals surface area contributed by atoms with Crippen molar-refractivity contribution in [3.63, 3.8) is 0 Å². The molecule has 1 N–H and O–H groups in total. The van der Waals surface area contributed by atoms with E-state index in [0.717, 1.165) is 29.1 Å². The highest BCUT2D eigenvalue weighted by molar-refractivity contribution is 7.18. The van der Waals surface area contributed by atoms with Crippen molar-refractivity contribution in [2.45, 2.75) is 25.8 Å². The Bertz CT molecular complexity index is 686. The molecule has 4 nitrogen and oxygen atoms in total. The average Bonchev–Trinajstić information content (AvgIpc) is 3.14. The molecule has 108 valence electrons. The molecule has 0 bridgehead atoms. The molecule has 2 heterocycles. The predicted octanol–water partition coefficient (Wildman–Crippen LogP) is 3.53. The van der Waals surface area contributed by atoms with E-state index in [2.05, 4.69) is 16.4 Å². The van der Waals surface area contributed by atoms with Crippen LogP contribution in [0.15, 0.2) is 47.1 Å². The number of furan rings is 1. The molecule has 5 heteroatoms. The third-order valence-electron chi connectivity index (χ3n) is 3.17. The second-order valence-electron chi connectivity index (χ2n) is 4.78. The molecule has 0 aliphatic heterocycles. The van der Waals surface area contributed by atoms with Crippen LogP contribution < -0.4 is 5.32 Å². The first kappa shape index (κ1) is 13.8. The molecule has 0 radical (unpaired) electrons. The molecular formula is C16H16N2O2S. The molecular weight excluding hydrogens is 284 g/mol. The van der Waals surface area contributed by atoms with E-state index < -0.39 is 0 Å². The molecule has 0 fully saturated rings. The maximum Gasteiger partial charge on any atom is 0.220 e. The summed E-state index contributed by atoms with van der Waals surface area (Å²) < 4.78 is 6.37. The number of fused-ring (bicyclic) bond motifs is 1. The maximum absolute atomic E-state index is 11.7. The van der Waals surface area contributed by atoms with Crippen LogP contribution in [0.25, 0.3) is 10.2 Å². The fourth-order valence-electron chi connectivity index (χ4n) is 2.11. The van der Waals surface area contributed by atoms with E-state index in [-0.39, 0.29) is 5.91 Å². The van der Waals surface area contributed by atoms with E-state index in [1.165, 1.54) is 4.70 Å². The standard InChI is InChI=1S/C16H16N2O2S/c19-15(17-11-12-5-4-10-20-12)8-3-9-16-18-13-6-1-2-7-14(13)21-16/h1-2,4-7,10H,3,8-9,11H2,(H,17,19). The van der Waals surface area contributed by atoms with Crippen LogP contribution in [-0.2, 0) is 17.8 Å². The lowest BCUT2D eigenvalue weighted by atomic mass is 10.2. The molecule has 0 unspecified atom stereocenters. The number of hydrogen-bond donors (Lipinski definition) is 1. The summed E-state index contributed by atoms with van der Waals surface area (Å²) in [6, 6.07) is 11.8. The van der Waals surface area contributed by atoms with E-state index in [4.69, 9.17) is 4.42 Å². The molecule has 0 atom stereocenters. The Morgan fingerprint density at radius 2 is 2.14 bits per heavy atom. The van der Waals surface area contributed by atoms with Crippen LogP contribution in [0.5, 0.6) is 0 Å². The average molecular weight is 300 g/mol. The van der Waals surface area contributed by atoms with Gasteiger partial charge in [0.25, 0.3) is 0 Å². The number of amides is 1. The quantitative estimate of drug-likeness (QED) is 0.757. The van der Waals surface area contributed by atoms with E-state index in [0.29, 0.717) is 13.0 Å². The monoisotopic (exact) mass is 300 g/mol. The van der Waals surface area contributed by atoms with Gasteiger partial charge in [0.2, 0.25) is 5.91 Å². The zero-order chi connectivity index (χ0) is 14.5. The molecule has 0 aliphatic rings. The number of nitrogens with one attached hydrogen (secondary N) is 1. The van der Waals surface area contributed by atoms with Crippen molar-refractivity contribution in [3.8, 4) is 0 Å². The Kier molecular flexibility index (Phi) is 4.31.